The molecule has 0 spiro atoms. The fourth-order valence-electron chi connectivity index (χ4n) is 3.83. The van der Waals surface area contributed by atoms with Gasteiger partial charge in [-0.05, 0) is 19.8 Å². The topological polar surface area (TPSA) is 79.0 Å². The number of hydrogen-bond donors (Lipinski definition) is 1. The maximum Gasteiger partial charge on any atom is 0.225 e. The summed E-state index contributed by atoms with van der Waals surface area (Å²) < 4.78 is 33.0. The second kappa shape index (κ2) is 7.68. The third kappa shape index (κ3) is 4.28. The number of carbonyl (C=O) groups excluding carboxylic acids is 1. The molecule has 1 amide bonds. The summed E-state index contributed by atoms with van der Waals surface area (Å²) in [7, 11) is -3.37. The number of rotatable bonds is 6. The van der Waals surface area contributed by atoms with Crippen molar-refractivity contribution in [1.29, 1.82) is 0 Å². The Bertz CT molecular complexity index is 536. The molecule has 138 valence electrons. The van der Waals surface area contributed by atoms with Crippen LogP contribution in [0.2, 0.25) is 0 Å². The van der Waals surface area contributed by atoms with Gasteiger partial charge in [0.1, 0.15) is 5.25 Å². The summed E-state index contributed by atoms with van der Waals surface area (Å²) in [5.41, 5.74) is 0. The van der Waals surface area contributed by atoms with Crippen LogP contribution in [0.25, 0.3) is 0 Å². The molecule has 0 unspecified atom stereocenters. The van der Waals surface area contributed by atoms with E-state index in [2.05, 4.69) is 9.62 Å². The van der Waals surface area contributed by atoms with Gasteiger partial charge < -0.3 is 9.64 Å². The van der Waals surface area contributed by atoms with Crippen molar-refractivity contribution in [2.75, 3.05) is 45.9 Å². The Hall–Kier alpha value is -0.700. The van der Waals surface area contributed by atoms with Gasteiger partial charge in [0.25, 0.3) is 0 Å². The summed E-state index contributed by atoms with van der Waals surface area (Å²) in [4.78, 5) is 16.2. The normalized spacial score (nSPS) is 25.6. The maximum atomic E-state index is 12.5. The highest BCUT2D eigenvalue weighted by Gasteiger charge is 2.42. The summed E-state index contributed by atoms with van der Waals surface area (Å²) in [5.74, 6) is 0.280. The molecule has 1 atom stereocenters. The van der Waals surface area contributed by atoms with E-state index in [1.807, 2.05) is 6.92 Å². The van der Waals surface area contributed by atoms with Gasteiger partial charge in [0.2, 0.25) is 15.9 Å². The molecule has 0 aromatic rings. The highest BCUT2D eigenvalue weighted by Crippen LogP contribution is 2.29. The Balaban J connectivity index is 1.43. The summed E-state index contributed by atoms with van der Waals surface area (Å²) in [5, 5.41) is -0.463. The van der Waals surface area contributed by atoms with Crippen LogP contribution in [0.4, 0.5) is 0 Å². The Morgan fingerprint density at radius 3 is 2.46 bits per heavy atom. The van der Waals surface area contributed by atoms with Crippen LogP contribution in [-0.2, 0) is 19.6 Å². The quantitative estimate of drug-likeness (QED) is 0.724. The Morgan fingerprint density at radius 2 is 1.83 bits per heavy atom. The molecule has 1 saturated carbocycles. The summed E-state index contributed by atoms with van der Waals surface area (Å²) in [6.45, 7) is 6.38. The fourth-order valence-corrected chi connectivity index (χ4v) is 5.41. The average molecular weight is 359 g/mol. The van der Waals surface area contributed by atoms with Gasteiger partial charge in [0.15, 0.2) is 0 Å². The molecule has 3 rings (SSSR count). The van der Waals surface area contributed by atoms with Crippen LogP contribution < -0.4 is 4.72 Å². The molecule has 2 saturated heterocycles. The van der Waals surface area contributed by atoms with Crippen molar-refractivity contribution in [1.82, 2.24) is 14.5 Å². The molecule has 1 N–H and O–H groups in total. The molecule has 1 aliphatic carbocycles. The van der Waals surface area contributed by atoms with Crippen molar-refractivity contribution >= 4 is 15.9 Å². The van der Waals surface area contributed by atoms with Crippen LogP contribution in [0, 0.1) is 5.92 Å². The lowest BCUT2D eigenvalue weighted by atomic mass is 10.0. The zero-order valence-electron chi connectivity index (χ0n) is 14.4. The van der Waals surface area contributed by atoms with Gasteiger partial charge in [-0.1, -0.05) is 12.8 Å². The zero-order valence-corrected chi connectivity index (χ0v) is 15.3. The number of nitrogens with zero attached hydrogens (tertiary/aromatic N) is 2. The van der Waals surface area contributed by atoms with Crippen LogP contribution in [0.5, 0.6) is 0 Å². The molecule has 8 heteroatoms. The van der Waals surface area contributed by atoms with E-state index < -0.39 is 15.3 Å². The number of sulfonamides is 1. The number of nitrogens with one attached hydrogen (secondary N) is 1. The number of carbonyl (C=O) groups is 1. The van der Waals surface area contributed by atoms with E-state index in [4.69, 9.17) is 4.74 Å². The van der Waals surface area contributed by atoms with Gasteiger partial charge in [-0.25, -0.2) is 13.1 Å². The van der Waals surface area contributed by atoms with Gasteiger partial charge in [0.05, 0.1) is 13.2 Å². The minimum atomic E-state index is -3.37. The van der Waals surface area contributed by atoms with Gasteiger partial charge >= 0.3 is 0 Å². The van der Waals surface area contributed by atoms with E-state index in [9.17, 15) is 13.2 Å². The van der Waals surface area contributed by atoms with Crippen LogP contribution in [0.1, 0.15) is 32.6 Å². The van der Waals surface area contributed by atoms with Crippen LogP contribution >= 0.6 is 0 Å². The first-order valence-electron chi connectivity index (χ1n) is 9.06. The van der Waals surface area contributed by atoms with Gasteiger partial charge in [0, 0.05) is 44.7 Å². The van der Waals surface area contributed by atoms with E-state index in [1.165, 1.54) is 0 Å². The molecule has 0 aromatic carbocycles. The van der Waals surface area contributed by atoms with Crippen LogP contribution in [-0.4, -0.2) is 81.4 Å². The highest BCUT2D eigenvalue weighted by molar-refractivity contribution is 7.90. The first-order valence-corrected chi connectivity index (χ1v) is 10.6. The summed E-state index contributed by atoms with van der Waals surface area (Å²) >= 11 is 0. The Kier molecular flexibility index (Phi) is 5.79. The molecule has 3 aliphatic rings. The van der Waals surface area contributed by atoms with Gasteiger partial charge in [-0.2, -0.15) is 0 Å². The zero-order chi connectivity index (χ0) is 17.2. The number of amides is 1. The van der Waals surface area contributed by atoms with Gasteiger partial charge in [-0.15, -0.1) is 0 Å². The Labute approximate surface area is 144 Å². The minimum absolute atomic E-state index is 0.127. The van der Waals surface area contributed by atoms with Crippen molar-refractivity contribution in [2.24, 2.45) is 5.92 Å². The molecule has 0 radical (unpaired) electrons. The lowest BCUT2D eigenvalue weighted by Gasteiger charge is -2.40. The lowest BCUT2D eigenvalue weighted by Crippen LogP contribution is -2.61. The molecule has 2 aliphatic heterocycles. The molecular weight excluding hydrogens is 330 g/mol. The van der Waals surface area contributed by atoms with Gasteiger partial charge in [-0.3, -0.25) is 9.69 Å². The molecule has 24 heavy (non-hydrogen) atoms. The monoisotopic (exact) mass is 359 g/mol. The smallest absolute Gasteiger partial charge is 0.225 e. The highest BCUT2D eigenvalue weighted by atomic mass is 32.2. The van der Waals surface area contributed by atoms with E-state index in [1.54, 1.807) is 4.90 Å². The summed E-state index contributed by atoms with van der Waals surface area (Å²) in [6.07, 6.45) is 4.16. The first kappa shape index (κ1) is 18.1. The second-order valence-corrected chi connectivity index (χ2v) is 9.32. The number of ether oxygens (including phenoxy) is 1. The Morgan fingerprint density at radius 1 is 1.21 bits per heavy atom. The summed E-state index contributed by atoms with van der Waals surface area (Å²) in [6, 6.07) is -0.132. The van der Waals surface area contributed by atoms with Crippen LogP contribution in [0.15, 0.2) is 0 Å². The van der Waals surface area contributed by atoms with E-state index in [-0.39, 0.29) is 17.9 Å². The molecular formula is C16H29N3O4S. The third-order valence-electron chi connectivity index (χ3n) is 5.30. The largest absolute Gasteiger partial charge is 0.379 e. The third-order valence-corrected chi connectivity index (χ3v) is 7.21. The molecule has 0 aromatic heterocycles. The second-order valence-electron chi connectivity index (χ2n) is 7.32. The van der Waals surface area contributed by atoms with Crippen molar-refractivity contribution in [2.45, 2.75) is 43.9 Å². The minimum Gasteiger partial charge on any atom is -0.379 e. The van der Waals surface area contributed by atoms with Crippen molar-refractivity contribution < 1.29 is 17.9 Å². The molecule has 0 bridgehead atoms. The van der Waals surface area contributed by atoms with E-state index in [0.29, 0.717) is 32.8 Å². The molecule has 2 heterocycles. The molecule has 3 fully saturated rings. The standard InChI is InChI=1S/C16H29N3O4S/c1-13(10-18-6-8-23-9-7-18)17-24(21,22)15-11-19(12-15)16(20)14-4-2-3-5-14/h13-15,17H,2-12H2,1H3/t13-/m1/s1. The lowest BCUT2D eigenvalue weighted by molar-refractivity contribution is -0.138. The average Bonchev–Trinajstić information content (AvgIpc) is 2.99. The number of hydrogen-bond acceptors (Lipinski definition) is 5. The van der Waals surface area contributed by atoms with Crippen molar-refractivity contribution in [3.63, 3.8) is 0 Å². The van der Waals surface area contributed by atoms with E-state index >= 15 is 0 Å². The number of likely N-dealkylation sites (tertiary alicyclic amines) is 1. The predicted molar refractivity (Wildman–Crippen MR) is 91.1 cm³/mol. The van der Waals surface area contributed by atoms with E-state index in [0.717, 1.165) is 38.8 Å². The SMILES string of the molecule is C[C@H](CN1CCOCC1)NS(=O)(=O)C1CN(C(=O)C2CCCC2)C1. The van der Waals surface area contributed by atoms with Crippen molar-refractivity contribution in [3.8, 4) is 0 Å². The van der Waals surface area contributed by atoms with Crippen molar-refractivity contribution in [3.05, 3.63) is 0 Å². The fraction of sp³-hybridized carbons (Fsp3) is 0.938. The van der Waals surface area contributed by atoms with Crippen LogP contribution in [0.3, 0.4) is 0 Å². The maximum absolute atomic E-state index is 12.5. The molecule has 7 nitrogen and oxygen atoms in total. The first-order chi connectivity index (χ1) is 11.5. The number of morpholine rings is 1. The predicted octanol–water partition coefficient (Wildman–Crippen LogP) is 0.0275.